The SMILES string of the molecule is CC(C)OCCCNC(=O)C(=O)Nc1ccccc1Sc1ccccc1. The van der Waals surface area contributed by atoms with E-state index >= 15 is 0 Å². The van der Waals surface area contributed by atoms with Gasteiger partial charge in [-0.15, -0.1) is 0 Å². The van der Waals surface area contributed by atoms with E-state index in [1.807, 2.05) is 62.4 Å². The lowest BCUT2D eigenvalue weighted by Gasteiger charge is -2.11. The molecule has 0 radical (unpaired) electrons. The number of ether oxygens (including phenoxy) is 1. The average Bonchev–Trinajstić information content (AvgIpc) is 2.63. The summed E-state index contributed by atoms with van der Waals surface area (Å²) in [6.07, 6.45) is 0.824. The summed E-state index contributed by atoms with van der Waals surface area (Å²) in [6.45, 7) is 4.86. The van der Waals surface area contributed by atoms with Crippen molar-refractivity contribution in [3.8, 4) is 0 Å². The number of carbonyl (C=O) groups is 2. The van der Waals surface area contributed by atoms with Crippen LogP contribution >= 0.6 is 11.8 Å². The van der Waals surface area contributed by atoms with E-state index in [4.69, 9.17) is 4.74 Å². The molecule has 6 heteroatoms. The Morgan fingerprint density at radius 2 is 1.69 bits per heavy atom. The fraction of sp³-hybridized carbons (Fsp3) is 0.300. The second kappa shape index (κ2) is 10.6. The van der Waals surface area contributed by atoms with Gasteiger partial charge in [-0.2, -0.15) is 0 Å². The molecule has 0 spiro atoms. The molecule has 0 aliphatic carbocycles. The van der Waals surface area contributed by atoms with Crippen LogP contribution in [0.4, 0.5) is 5.69 Å². The molecule has 0 atom stereocenters. The Morgan fingerprint density at radius 3 is 2.42 bits per heavy atom. The van der Waals surface area contributed by atoms with Gasteiger partial charge in [-0.25, -0.2) is 0 Å². The fourth-order valence-electron chi connectivity index (χ4n) is 2.13. The third-order valence-corrected chi connectivity index (χ3v) is 4.45. The molecule has 0 heterocycles. The van der Waals surface area contributed by atoms with E-state index in [-0.39, 0.29) is 6.10 Å². The molecule has 0 aliphatic rings. The van der Waals surface area contributed by atoms with E-state index in [0.717, 1.165) is 9.79 Å². The van der Waals surface area contributed by atoms with Crippen molar-refractivity contribution in [1.29, 1.82) is 0 Å². The van der Waals surface area contributed by atoms with Gasteiger partial charge in [0.05, 0.1) is 11.8 Å². The van der Waals surface area contributed by atoms with Crippen LogP contribution in [0.5, 0.6) is 0 Å². The van der Waals surface area contributed by atoms with Crippen LogP contribution in [-0.4, -0.2) is 31.1 Å². The van der Waals surface area contributed by atoms with E-state index in [1.165, 1.54) is 11.8 Å². The maximum Gasteiger partial charge on any atom is 0.313 e. The third kappa shape index (κ3) is 6.90. The average molecular weight is 372 g/mol. The molecule has 138 valence electrons. The van der Waals surface area contributed by atoms with E-state index in [1.54, 1.807) is 6.07 Å². The van der Waals surface area contributed by atoms with Gasteiger partial charge < -0.3 is 15.4 Å². The van der Waals surface area contributed by atoms with Gasteiger partial charge in [0.15, 0.2) is 0 Å². The van der Waals surface area contributed by atoms with Gasteiger partial charge in [0.25, 0.3) is 0 Å². The highest BCUT2D eigenvalue weighted by Gasteiger charge is 2.15. The molecule has 2 amide bonds. The van der Waals surface area contributed by atoms with Crippen molar-refractivity contribution in [2.24, 2.45) is 0 Å². The van der Waals surface area contributed by atoms with Crippen molar-refractivity contribution in [2.75, 3.05) is 18.5 Å². The molecule has 0 saturated carbocycles. The monoisotopic (exact) mass is 372 g/mol. The standard InChI is InChI=1S/C20H24N2O3S/c1-15(2)25-14-8-13-21-19(23)20(24)22-17-11-6-7-12-18(17)26-16-9-4-3-5-10-16/h3-7,9-12,15H,8,13-14H2,1-2H3,(H,21,23)(H,22,24). The second-order valence-corrected chi connectivity index (χ2v) is 7.01. The molecule has 0 bridgehead atoms. The van der Waals surface area contributed by atoms with E-state index in [0.29, 0.717) is 25.3 Å². The van der Waals surface area contributed by atoms with Gasteiger partial charge in [0.2, 0.25) is 0 Å². The van der Waals surface area contributed by atoms with Gasteiger partial charge in [-0.05, 0) is 44.5 Å². The number of para-hydroxylation sites is 1. The van der Waals surface area contributed by atoms with E-state index in [2.05, 4.69) is 10.6 Å². The summed E-state index contributed by atoms with van der Waals surface area (Å²) in [6, 6.07) is 17.3. The number of carbonyl (C=O) groups excluding carboxylic acids is 2. The Hall–Kier alpha value is -2.31. The maximum absolute atomic E-state index is 12.1. The lowest BCUT2D eigenvalue weighted by molar-refractivity contribution is -0.136. The Bertz CT molecular complexity index is 720. The van der Waals surface area contributed by atoms with Crippen molar-refractivity contribution >= 4 is 29.3 Å². The summed E-state index contributed by atoms with van der Waals surface area (Å²) in [7, 11) is 0. The molecular formula is C20H24N2O3S. The Labute approximate surface area is 158 Å². The summed E-state index contributed by atoms with van der Waals surface area (Å²) in [5.74, 6) is -1.31. The highest BCUT2D eigenvalue weighted by molar-refractivity contribution is 7.99. The molecule has 2 N–H and O–H groups in total. The zero-order valence-electron chi connectivity index (χ0n) is 15.0. The minimum atomic E-state index is -0.670. The number of anilines is 1. The largest absolute Gasteiger partial charge is 0.379 e. The van der Waals surface area contributed by atoms with Crippen LogP contribution in [0.1, 0.15) is 20.3 Å². The van der Waals surface area contributed by atoms with Crippen molar-refractivity contribution in [3.05, 3.63) is 54.6 Å². The first-order valence-electron chi connectivity index (χ1n) is 8.59. The van der Waals surface area contributed by atoms with Crippen molar-refractivity contribution < 1.29 is 14.3 Å². The lowest BCUT2D eigenvalue weighted by atomic mass is 10.3. The normalized spacial score (nSPS) is 10.6. The van der Waals surface area contributed by atoms with Crippen LogP contribution < -0.4 is 10.6 Å². The first kappa shape index (κ1) is 20.0. The predicted molar refractivity (Wildman–Crippen MR) is 104 cm³/mol. The van der Waals surface area contributed by atoms with Crippen molar-refractivity contribution in [1.82, 2.24) is 5.32 Å². The molecule has 0 aromatic heterocycles. The Balaban J connectivity index is 1.87. The molecule has 0 fully saturated rings. The van der Waals surface area contributed by atoms with Crippen LogP contribution in [0.3, 0.4) is 0 Å². The number of rotatable bonds is 8. The molecule has 0 aliphatic heterocycles. The molecule has 0 saturated heterocycles. The molecule has 2 rings (SSSR count). The van der Waals surface area contributed by atoms with Crippen LogP contribution in [-0.2, 0) is 14.3 Å². The molecule has 2 aromatic carbocycles. The summed E-state index contributed by atoms with van der Waals surface area (Å²) >= 11 is 1.53. The summed E-state index contributed by atoms with van der Waals surface area (Å²) < 4.78 is 5.40. The number of nitrogens with one attached hydrogen (secondary N) is 2. The molecule has 2 aromatic rings. The number of benzene rings is 2. The quantitative estimate of drug-likeness (QED) is 0.548. The minimum absolute atomic E-state index is 0.160. The zero-order chi connectivity index (χ0) is 18.8. The van der Waals surface area contributed by atoms with Gasteiger partial charge in [0.1, 0.15) is 0 Å². The van der Waals surface area contributed by atoms with Gasteiger partial charge in [-0.1, -0.05) is 42.1 Å². The topological polar surface area (TPSA) is 67.4 Å². The summed E-state index contributed by atoms with van der Waals surface area (Å²) in [5.41, 5.74) is 0.615. The van der Waals surface area contributed by atoms with Crippen LogP contribution in [0.15, 0.2) is 64.4 Å². The third-order valence-electron chi connectivity index (χ3n) is 3.37. The number of hydrogen-bond donors (Lipinski definition) is 2. The Kier molecular flexibility index (Phi) is 8.18. The number of amides is 2. The molecule has 5 nitrogen and oxygen atoms in total. The number of hydrogen-bond acceptors (Lipinski definition) is 4. The minimum Gasteiger partial charge on any atom is -0.379 e. The van der Waals surface area contributed by atoms with Gasteiger partial charge >= 0.3 is 11.8 Å². The zero-order valence-corrected chi connectivity index (χ0v) is 15.8. The first-order valence-corrected chi connectivity index (χ1v) is 9.40. The van der Waals surface area contributed by atoms with Crippen molar-refractivity contribution in [3.63, 3.8) is 0 Å². The van der Waals surface area contributed by atoms with Crippen molar-refractivity contribution in [2.45, 2.75) is 36.2 Å². The van der Waals surface area contributed by atoms with Crippen LogP contribution in [0, 0.1) is 0 Å². The van der Waals surface area contributed by atoms with Gasteiger partial charge in [0, 0.05) is 22.9 Å². The van der Waals surface area contributed by atoms with Gasteiger partial charge in [-0.3, -0.25) is 9.59 Å². The Morgan fingerprint density at radius 1 is 1.00 bits per heavy atom. The highest BCUT2D eigenvalue weighted by atomic mass is 32.2. The molecular weight excluding hydrogens is 348 g/mol. The fourth-order valence-corrected chi connectivity index (χ4v) is 3.05. The van der Waals surface area contributed by atoms with E-state index in [9.17, 15) is 9.59 Å². The lowest BCUT2D eigenvalue weighted by Crippen LogP contribution is -2.36. The summed E-state index contributed by atoms with van der Waals surface area (Å²) in [5, 5.41) is 5.29. The predicted octanol–water partition coefficient (Wildman–Crippen LogP) is 3.71. The smallest absolute Gasteiger partial charge is 0.313 e. The maximum atomic E-state index is 12.1. The highest BCUT2D eigenvalue weighted by Crippen LogP contribution is 2.33. The molecule has 0 unspecified atom stereocenters. The molecule has 26 heavy (non-hydrogen) atoms. The van der Waals surface area contributed by atoms with Crippen LogP contribution in [0.2, 0.25) is 0 Å². The second-order valence-electron chi connectivity index (χ2n) is 5.89. The summed E-state index contributed by atoms with van der Waals surface area (Å²) in [4.78, 5) is 26.0. The van der Waals surface area contributed by atoms with E-state index < -0.39 is 11.8 Å². The first-order chi connectivity index (χ1) is 12.6. The van der Waals surface area contributed by atoms with Crippen LogP contribution in [0.25, 0.3) is 0 Å².